The monoisotopic (exact) mass is 556 g/mol. The maximum absolute atomic E-state index is 13.1. The van der Waals surface area contributed by atoms with E-state index in [0.717, 1.165) is 5.56 Å². The largest absolute Gasteiger partial charge is 0.322 e. The van der Waals surface area contributed by atoms with Crippen molar-refractivity contribution in [3.05, 3.63) is 100 Å². The molecule has 0 aliphatic carbocycles. The van der Waals surface area contributed by atoms with Gasteiger partial charge in [0.15, 0.2) is 3.95 Å². The Bertz CT molecular complexity index is 1500. The summed E-state index contributed by atoms with van der Waals surface area (Å²) in [5.74, 6) is -0.861. The second kappa shape index (κ2) is 11.6. The predicted octanol–water partition coefficient (Wildman–Crippen LogP) is 4.71. The van der Waals surface area contributed by atoms with Crippen LogP contribution >= 0.6 is 32.9 Å². The number of rotatable bonds is 9. The Labute approximate surface area is 220 Å². The lowest BCUT2D eigenvalue weighted by Crippen LogP contribution is -2.45. The van der Waals surface area contributed by atoms with Crippen LogP contribution in [-0.2, 0) is 21.2 Å². The highest BCUT2D eigenvalue weighted by Gasteiger charge is 2.27. The molecule has 3 aromatic carbocycles. The van der Waals surface area contributed by atoms with Crippen LogP contribution in [0.25, 0.3) is 0 Å². The molecule has 12 heteroatoms. The topological polar surface area (TPSA) is 117 Å². The van der Waals surface area contributed by atoms with Crippen molar-refractivity contribution in [1.82, 2.24) is 9.71 Å². The molecule has 1 heterocycles. The van der Waals surface area contributed by atoms with Gasteiger partial charge in [-0.05, 0) is 81.3 Å². The second-order valence-corrected chi connectivity index (χ2v) is 12.0. The summed E-state index contributed by atoms with van der Waals surface area (Å²) >= 11 is 5.00. The third kappa shape index (κ3) is 6.89. The molecule has 0 bridgehead atoms. The van der Waals surface area contributed by atoms with Gasteiger partial charge in [-0.3, -0.25) is 14.9 Å². The molecular formula is C24H20N4O4S4. The van der Waals surface area contributed by atoms with Gasteiger partial charge in [-0.15, -0.1) is 0 Å². The number of nitrogens with zero attached hydrogens (tertiary/aromatic N) is 1. The summed E-state index contributed by atoms with van der Waals surface area (Å²) in [5.41, 5.74) is 1.70. The van der Waals surface area contributed by atoms with Crippen LogP contribution in [0.1, 0.15) is 15.9 Å². The zero-order valence-corrected chi connectivity index (χ0v) is 21.8. The summed E-state index contributed by atoms with van der Waals surface area (Å²) in [6.07, 6.45) is 0.132. The minimum atomic E-state index is -4.07. The standard InChI is InChI=1S/C24H20N4O4S4/c29-21(17-9-5-2-6-10-17)25-18-11-13-19(14-12-18)36(31,32)28-20(15-16-7-3-1-4-8-16)22(30)26-23-27-24(33)35-34-23/h1-14,20,28H,15H2,(H,25,29)(H,26,27,30,33). The fourth-order valence-electron chi connectivity index (χ4n) is 3.24. The van der Waals surface area contributed by atoms with Crippen molar-refractivity contribution in [2.45, 2.75) is 17.4 Å². The molecule has 2 amide bonds. The van der Waals surface area contributed by atoms with Crippen molar-refractivity contribution < 1.29 is 18.0 Å². The molecule has 0 aliphatic rings. The van der Waals surface area contributed by atoms with Gasteiger partial charge in [0.2, 0.25) is 21.1 Å². The number of benzene rings is 3. The molecule has 184 valence electrons. The van der Waals surface area contributed by atoms with Crippen molar-refractivity contribution >= 4 is 65.6 Å². The molecule has 1 atom stereocenters. The lowest BCUT2D eigenvalue weighted by atomic mass is 10.1. The first kappa shape index (κ1) is 25.8. The van der Waals surface area contributed by atoms with Crippen LogP contribution in [0.5, 0.6) is 0 Å². The number of nitrogens with one attached hydrogen (secondary N) is 3. The van der Waals surface area contributed by atoms with Crippen molar-refractivity contribution in [2.24, 2.45) is 0 Å². The second-order valence-electron chi connectivity index (χ2n) is 7.55. The van der Waals surface area contributed by atoms with Gasteiger partial charge in [0.1, 0.15) is 6.04 Å². The Kier molecular flexibility index (Phi) is 8.33. The van der Waals surface area contributed by atoms with E-state index in [9.17, 15) is 18.0 Å². The normalized spacial score (nSPS) is 12.0. The number of hydrogen-bond acceptors (Lipinski definition) is 8. The molecule has 4 rings (SSSR count). The summed E-state index contributed by atoms with van der Waals surface area (Å²) in [6.45, 7) is 0. The third-order valence-electron chi connectivity index (χ3n) is 4.97. The molecule has 0 fully saturated rings. The van der Waals surface area contributed by atoms with Crippen molar-refractivity contribution in [2.75, 3.05) is 10.6 Å². The SMILES string of the molecule is O=C(Nc1ccc(S(=O)(=O)NC(Cc2ccccc2)C(=O)Nc2nc(=S)ss2)cc1)c1ccccc1. The van der Waals surface area contributed by atoms with Gasteiger partial charge in [-0.2, -0.15) is 9.71 Å². The summed E-state index contributed by atoms with van der Waals surface area (Å²) in [6, 6.07) is 22.4. The molecule has 0 spiro atoms. The Morgan fingerprint density at radius 3 is 2.11 bits per heavy atom. The molecule has 1 aromatic heterocycles. The van der Waals surface area contributed by atoms with Gasteiger partial charge in [0.05, 0.1) is 4.90 Å². The molecule has 36 heavy (non-hydrogen) atoms. The highest BCUT2D eigenvalue weighted by molar-refractivity contribution is 7.89. The quantitative estimate of drug-likeness (QED) is 0.203. The molecule has 1 unspecified atom stereocenters. The van der Waals surface area contributed by atoms with E-state index in [2.05, 4.69) is 20.3 Å². The van der Waals surface area contributed by atoms with E-state index >= 15 is 0 Å². The van der Waals surface area contributed by atoms with Gasteiger partial charge >= 0.3 is 0 Å². The van der Waals surface area contributed by atoms with Gasteiger partial charge in [0.25, 0.3) is 5.91 Å². The van der Waals surface area contributed by atoms with E-state index in [0.29, 0.717) is 20.3 Å². The summed E-state index contributed by atoms with van der Waals surface area (Å²) < 4.78 is 29.2. The van der Waals surface area contributed by atoms with E-state index in [4.69, 9.17) is 12.2 Å². The third-order valence-corrected chi connectivity index (χ3v) is 8.98. The van der Waals surface area contributed by atoms with E-state index < -0.39 is 22.0 Å². The number of aromatic nitrogens is 1. The number of anilines is 2. The fourth-order valence-corrected chi connectivity index (χ4v) is 6.30. The molecule has 0 saturated carbocycles. The fraction of sp³-hybridized carbons (Fsp3) is 0.0833. The van der Waals surface area contributed by atoms with Crippen LogP contribution in [0.15, 0.2) is 89.8 Å². The first-order chi connectivity index (χ1) is 17.3. The molecule has 0 aliphatic heterocycles. The summed E-state index contributed by atoms with van der Waals surface area (Å²) in [4.78, 5) is 29.4. The minimum Gasteiger partial charge on any atom is -0.322 e. The van der Waals surface area contributed by atoms with Crippen LogP contribution in [0.3, 0.4) is 0 Å². The first-order valence-electron chi connectivity index (χ1n) is 10.6. The Balaban J connectivity index is 1.50. The van der Waals surface area contributed by atoms with Gasteiger partial charge < -0.3 is 5.32 Å². The van der Waals surface area contributed by atoms with Gasteiger partial charge in [0, 0.05) is 11.3 Å². The average Bonchev–Trinajstić information content (AvgIpc) is 3.29. The maximum Gasteiger partial charge on any atom is 0.255 e. The molecule has 0 radical (unpaired) electrons. The van der Waals surface area contributed by atoms with Crippen LogP contribution in [0.4, 0.5) is 10.8 Å². The number of carbonyl (C=O) groups is 2. The van der Waals surface area contributed by atoms with Crippen LogP contribution in [0.2, 0.25) is 0 Å². The number of hydrogen-bond donors (Lipinski definition) is 3. The summed E-state index contributed by atoms with van der Waals surface area (Å²) in [7, 11) is -1.63. The number of amides is 2. The Morgan fingerprint density at radius 2 is 1.50 bits per heavy atom. The van der Waals surface area contributed by atoms with Crippen LogP contribution in [-0.4, -0.2) is 31.3 Å². The van der Waals surface area contributed by atoms with E-state index in [1.54, 1.807) is 24.3 Å². The van der Waals surface area contributed by atoms with E-state index in [1.807, 2.05) is 36.4 Å². The van der Waals surface area contributed by atoms with E-state index in [-0.39, 0.29) is 17.2 Å². The lowest BCUT2D eigenvalue weighted by Gasteiger charge is -2.18. The first-order valence-corrected chi connectivity index (χ1v) is 14.6. The van der Waals surface area contributed by atoms with Crippen molar-refractivity contribution in [1.29, 1.82) is 0 Å². The highest BCUT2D eigenvalue weighted by atomic mass is 32.9. The lowest BCUT2D eigenvalue weighted by molar-refractivity contribution is -0.117. The zero-order chi connectivity index (χ0) is 25.5. The smallest absolute Gasteiger partial charge is 0.255 e. The average molecular weight is 557 g/mol. The molecule has 8 nitrogen and oxygen atoms in total. The van der Waals surface area contributed by atoms with Crippen LogP contribution in [0, 0.1) is 3.95 Å². The summed E-state index contributed by atoms with van der Waals surface area (Å²) in [5, 5.41) is 5.68. The molecular weight excluding hydrogens is 537 g/mol. The van der Waals surface area contributed by atoms with Crippen molar-refractivity contribution in [3.8, 4) is 0 Å². The number of carbonyl (C=O) groups excluding carboxylic acids is 2. The zero-order valence-electron chi connectivity index (χ0n) is 18.6. The predicted molar refractivity (Wildman–Crippen MR) is 145 cm³/mol. The van der Waals surface area contributed by atoms with Gasteiger partial charge in [-0.1, -0.05) is 48.5 Å². The van der Waals surface area contributed by atoms with Gasteiger partial charge in [-0.25, -0.2) is 8.42 Å². The number of sulfonamides is 1. The molecule has 3 N–H and O–H groups in total. The maximum atomic E-state index is 13.1. The van der Waals surface area contributed by atoms with Crippen molar-refractivity contribution in [3.63, 3.8) is 0 Å². The van der Waals surface area contributed by atoms with Crippen LogP contribution < -0.4 is 15.4 Å². The van der Waals surface area contributed by atoms with E-state index in [1.165, 1.54) is 44.9 Å². The Hall–Kier alpha value is -3.29. The highest BCUT2D eigenvalue weighted by Crippen LogP contribution is 2.20. The molecule has 4 aromatic rings. The Morgan fingerprint density at radius 1 is 0.861 bits per heavy atom. The minimum absolute atomic E-state index is 0.0459. The molecule has 0 saturated heterocycles.